The van der Waals surface area contributed by atoms with Crippen LogP contribution in [0.1, 0.15) is 59.3 Å². The summed E-state index contributed by atoms with van der Waals surface area (Å²) in [5.74, 6) is 1.63. The lowest BCUT2D eigenvalue weighted by molar-refractivity contribution is 0.196. The zero-order valence-corrected chi connectivity index (χ0v) is 11.5. The van der Waals surface area contributed by atoms with Crippen LogP contribution in [-0.4, -0.2) is 24.8 Å². The van der Waals surface area contributed by atoms with Crippen molar-refractivity contribution >= 4 is 0 Å². The highest BCUT2D eigenvalue weighted by atomic mass is 16.3. The monoisotopic (exact) mass is 229 g/mol. The molecule has 1 heterocycles. The smallest absolute Gasteiger partial charge is 0.0460 e. The van der Waals surface area contributed by atoms with Crippen LogP contribution in [0.3, 0.4) is 0 Å². The average Bonchev–Trinajstić information content (AvgIpc) is 2.85. The van der Waals surface area contributed by atoms with Gasteiger partial charge in [-0.25, -0.2) is 0 Å². The van der Waals surface area contributed by atoms with E-state index in [9.17, 15) is 0 Å². The third-order valence-electron chi connectivity index (χ3n) is 3.36. The molecule has 2 nitrogen and oxygen atoms in total. The molecule has 2 aliphatic rings. The van der Waals surface area contributed by atoms with Crippen molar-refractivity contribution < 1.29 is 5.11 Å². The second-order valence-corrected chi connectivity index (χ2v) is 4.77. The van der Waals surface area contributed by atoms with Crippen LogP contribution in [0.4, 0.5) is 0 Å². The number of nitrogens with one attached hydrogen (secondary N) is 1. The van der Waals surface area contributed by atoms with E-state index in [1.807, 2.05) is 13.8 Å². The van der Waals surface area contributed by atoms with Gasteiger partial charge in [0.15, 0.2) is 0 Å². The molecule has 2 fully saturated rings. The van der Waals surface area contributed by atoms with Gasteiger partial charge in [0.2, 0.25) is 0 Å². The predicted molar refractivity (Wildman–Crippen MR) is 71.7 cm³/mol. The van der Waals surface area contributed by atoms with Crippen LogP contribution in [-0.2, 0) is 0 Å². The first kappa shape index (κ1) is 15.9. The van der Waals surface area contributed by atoms with Gasteiger partial charge >= 0.3 is 0 Å². The molecule has 1 aliphatic heterocycles. The first-order chi connectivity index (χ1) is 7.83. The Labute approximate surface area is 102 Å². The van der Waals surface area contributed by atoms with E-state index >= 15 is 0 Å². The van der Waals surface area contributed by atoms with Crippen LogP contribution in [0.5, 0.6) is 0 Å². The summed E-state index contributed by atoms with van der Waals surface area (Å²) < 4.78 is 0. The Morgan fingerprint density at radius 1 is 1.00 bits per heavy atom. The maximum absolute atomic E-state index is 8.66. The average molecular weight is 229 g/mol. The maximum Gasteiger partial charge on any atom is 0.0460 e. The van der Waals surface area contributed by atoms with Gasteiger partial charge in [-0.15, -0.1) is 0 Å². The lowest BCUT2D eigenvalue weighted by atomic mass is 10.00. The molecule has 1 aliphatic carbocycles. The van der Waals surface area contributed by atoms with E-state index in [2.05, 4.69) is 12.2 Å². The van der Waals surface area contributed by atoms with Crippen LogP contribution < -0.4 is 5.32 Å². The molecule has 1 saturated heterocycles. The fourth-order valence-corrected chi connectivity index (χ4v) is 2.19. The number of aliphatic hydroxyl groups excluding tert-OH is 1. The van der Waals surface area contributed by atoms with Crippen LogP contribution in [0.15, 0.2) is 0 Å². The highest BCUT2D eigenvalue weighted by molar-refractivity contribution is 4.66. The Morgan fingerprint density at radius 2 is 1.50 bits per heavy atom. The molecule has 0 amide bonds. The summed E-state index contributed by atoms with van der Waals surface area (Å²) in [5, 5.41) is 11.9. The van der Waals surface area contributed by atoms with Gasteiger partial charge in [-0.1, -0.05) is 46.5 Å². The summed E-state index contributed by atoms with van der Waals surface area (Å²) in [7, 11) is 0. The lowest BCUT2D eigenvalue weighted by Crippen LogP contribution is -2.29. The molecular weight excluding hydrogens is 198 g/mol. The van der Waals surface area contributed by atoms with Crippen LogP contribution in [0.25, 0.3) is 0 Å². The molecule has 0 radical (unpaired) electrons. The summed E-state index contributed by atoms with van der Waals surface area (Å²) in [6.07, 6.45) is 8.25. The third-order valence-corrected chi connectivity index (χ3v) is 3.36. The van der Waals surface area contributed by atoms with Gasteiger partial charge in [0.25, 0.3) is 0 Å². The van der Waals surface area contributed by atoms with Crippen molar-refractivity contribution in [3.05, 3.63) is 0 Å². The van der Waals surface area contributed by atoms with Crippen molar-refractivity contribution in [2.24, 2.45) is 11.8 Å². The van der Waals surface area contributed by atoms with Crippen molar-refractivity contribution in [3.63, 3.8) is 0 Å². The number of piperidine rings is 1. The molecule has 0 aromatic heterocycles. The molecule has 0 aromatic carbocycles. The van der Waals surface area contributed by atoms with Crippen molar-refractivity contribution in [2.45, 2.75) is 59.3 Å². The van der Waals surface area contributed by atoms with Gasteiger partial charge in [0.05, 0.1) is 0 Å². The summed E-state index contributed by atoms with van der Waals surface area (Å²) in [4.78, 5) is 0. The van der Waals surface area contributed by atoms with E-state index < -0.39 is 0 Å². The highest BCUT2D eigenvalue weighted by Crippen LogP contribution is 2.22. The van der Waals surface area contributed by atoms with Gasteiger partial charge in [-0.05, 0) is 37.8 Å². The van der Waals surface area contributed by atoms with E-state index in [0.717, 1.165) is 31.8 Å². The summed E-state index contributed by atoms with van der Waals surface area (Å²) >= 11 is 0. The van der Waals surface area contributed by atoms with E-state index in [1.54, 1.807) is 0 Å². The predicted octanol–water partition coefficient (Wildman–Crippen LogP) is 3.20. The van der Waals surface area contributed by atoms with E-state index in [-0.39, 0.29) is 0 Å². The Hall–Kier alpha value is -0.0800. The van der Waals surface area contributed by atoms with Crippen LogP contribution >= 0.6 is 0 Å². The zero-order valence-electron chi connectivity index (χ0n) is 11.5. The van der Waals surface area contributed by atoms with Crippen molar-refractivity contribution in [1.82, 2.24) is 5.32 Å². The zero-order chi connectivity index (χ0) is 12.2. The minimum atomic E-state index is 0.377. The normalized spacial score (nSPS) is 21.8. The standard InChI is InChI=1S/C6H13NO.C6H12.C2H6/c8-5-6-1-3-7-4-2-6;1-6-4-2-3-5-6;1-2/h6-8H,1-5H2;6H,2-5H2,1H3;1-2H3. The third kappa shape index (κ3) is 8.12. The molecule has 2 N–H and O–H groups in total. The SMILES string of the molecule is CC.CC1CCCC1.OCC1CCNCC1. The van der Waals surface area contributed by atoms with Gasteiger partial charge in [0.1, 0.15) is 0 Å². The Kier molecular flexibility index (Phi) is 11.3. The molecule has 0 spiro atoms. The van der Waals surface area contributed by atoms with Crippen molar-refractivity contribution in [3.8, 4) is 0 Å². The first-order valence-corrected chi connectivity index (χ1v) is 7.14. The van der Waals surface area contributed by atoms with Crippen LogP contribution in [0.2, 0.25) is 0 Å². The van der Waals surface area contributed by atoms with Gasteiger partial charge < -0.3 is 10.4 Å². The highest BCUT2D eigenvalue weighted by Gasteiger charge is 2.10. The van der Waals surface area contributed by atoms with Crippen molar-refractivity contribution in [1.29, 1.82) is 0 Å². The fraction of sp³-hybridized carbons (Fsp3) is 1.00. The Bertz CT molecular complexity index is 127. The molecule has 0 unspecified atom stereocenters. The number of aliphatic hydroxyl groups is 1. The fourth-order valence-electron chi connectivity index (χ4n) is 2.19. The summed E-state index contributed by atoms with van der Waals surface area (Å²) in [6, 6.07) is 0. The van der Waals surface area contributed by atoms with Gasteiger partial charge in [0, 0.05) is 6.61 Å². The molecule has 2 heteroatoms. The molecule has 0 bridgehead atoms. The minimum absolute atomic E-state index is 0.377. The van der Waals surface area contributed by atoms with Gasteiger partial charge in [-0.3, -0.25) is 0 Å². The largest absolute Gasteiger partial charge is 0.396 e. The van der Waals surface area contributed by atoms with Gasteiger partial charge in [-0.2, -0.15) is 0 Å². The maximum atomic E-state index is 8.66. The summed E-state index contributed by atoms with van der Waals surface area (Å²) in [5.41, 5.74) is 0. The molecule has 2 rings (SSSR count). The lowest BCUT2D eigenvalue weighted by Gasteiger charge is -2.19. The molecule has 98 valence electrons. The molecule has 16 heavy (non-hydrogen) atoms. The quantitative estimate of drug-likeness (QED) is 0.723. The Balaban J connectivity index is 0.000000251. The molecular formula is C14H31NO. The summed E-state index contributed by atoms with van der Waals surface area (Å²) in [6.45, 7) is 8.89. The van der Waals surface area contributed by atoms with E-state index in [0.29, 0.717) is 12.5 Å². The van der Waals surface area contributed by atoms with E-state index in [4.69, 9.17) is 5.11 Å². The molecule has 0 atom stereocenters. The molecule has 1 saturated carbocycles. The second-order valence-electron chi connectivity index (χ2n) is 4.77. The number of hydrogen-bond acceptors (Lipinski definition) is 2. The minimum Gasteiger partial charge on any atom is -0.396 e. The van der Waals surface area contributed by atoms with Crippen LogP contribution in [0, 0.1) is 11.8 Å². The van der Waals surface area contributed by atoms with Crippen molar-refractivity contribution in [2.75, 3.05) is 19.7 Å². The number of hydrogen-bond donors (Lipinski definition) is 2. The Morgan fingerprint density at radius 3 is 1.75 bits per heavy atom. The van der Waals surface area contributed by atoms with E-state index in [1.165, 1.54) is 25.7 Å². The molecule has 0 aromatic rings. The number of rotatable bonds is 1. The second kappa shape index (κ2) is 11.4. The topological polar surface area (TPSA) is 32.3 Å². The first-order valence-electron chi connectivity index (χ1n) is 7.14.